The van der Waals surface area contributed by atoms with Crippen LogP contribution in [0.5, 0.6) is 0 Å². The van der Waals surface area contributed by atoms with Crippen molar-refractivity contribution in [2.24, 2.45) is 5.92 Å². The number of nitrogens with zero attached hydrogens (tertiary/aromatic N) is 5. The van der Waals surface area contributed by atoms with Gasteiger partial charge in [-0.05, 0) is 68.7 Å². The summed E-state index contributed by atoms with van der Waals surface area (Å²) in [6.07, 6.45) is 1.84. The first-order chi connectivity index (χ1) is 16.1. The Morgan fingerprint density at radius 1 is 0.706 bits per heavy atom. The normalized spacial score (nSPS) is 13.6. The van der Waals surface area contributed by atoms with E-state index in [2.05, 4.69) is 71.5 Å². The molecule has 3 aromatic heterocycles. The fourth-order valence-corrected chi connectivity index (χ4v) is 3.93. The van der Waals surface area contributed by atoms with Crippen LogP contribution in [-0.2, 0) is 11.0 Å². The molecule has 0 fully saturated rings. The number of rotatable bonds is 6. The Kier molecular flexibility index (Phi) is 6.15. The second-order valence-corrected chi connectivity index (χ2v) is 9.57. The van der Waals surface area contributed by atoms with Crippen LogP contribution in [0.3, 0.4) is 0 Å². The summed E-state index contributed by atoms with van der Waals surface area (Å²) in [5.41, 5.74) is 10.4. The fourth-order valence-electron chi connectivity index (χ4n) is 3.93. The molecule has 7 heteroatoms. The molecule has 174 valence electrons. The van der Waals surface area contributed by atoms with Crippen LogP contribution < -0.4 is 5.73 Å². The maximum absolute atomic E-state index is 10.1. The van der Waals surface area contributed by atoms with E-state index in [0.29, 0.717) is 23.1 Å². The van der Waals surface area contributed by atoms with E-state index in [9.17, 15) is 5.11 Å². The lowest BCUT2D eigenvalue weighted by atomic mass is 9.70. The zero-order valence-corrected chi connectivity index (χ0v) is 20.2. The molecule has 4 rings (SSSR count). The average molecular weight is 455 g/mol. The molecular formula is C27H30N6O. The number of hydrogen-bond acceptors (Lipinski definition) is 7. The van der Waals surface area contributed by atoms with Crippen LogP contribution >= 0.6 is 0 Å². The molecule has 0 radical (unpaired) electrons. The summed E-state index contributed by atoms with van der Waals surface area (Å²) in [6.45, 7) is 10.0. The molecule has 4 aromatic rings. The van der Waals surface area contributed by atoms with Crippen molar-refractivity contribution >= 4 is 5.82 Å². The number of anilines is 1. The van der Waals surface area contributed by atoms with Gasteiger partial charge in [-0.15, -0.1) is 10.2 Å². The summed E-state index contributed by atoms with van der Waals surface area (Å²) in [5, 5.41) is 26.7. The van der Waals surface area contributed by atoms with Crippen molar-refractivity contribution in [2.45, 2.75) is 45.6 Å². The van der Waals surface area contributed by atoms with Crippen LogP contribution in [0.2, 0.25) is 0 Å². The number of nitrogens with two attached hydrogens (primary N) is 1. The summed E-state index contributed by atoms with van der Waals surface area (Å²) >= 11 is 0. The van der Waals surface area contributed by atoms with Gasteiger partial charge in [-0.3, -0.25) is 4.98 Å². The zero-order chi connectivity index (χ0) is 24.5. The minimum absolute atomic E-state index is 0.291. The van der Waals surface area contributed by atoms with Gasteiger partial charge in [0.05, 0.1) is 22.8 Å². The second-order valence-electron chi connectivity index (χ2n) is 9.57. The molecule has 0 aliphatic rings. The van der Waals surface area contributed by atoms with Crippen molar-refractivity contribution < 1.29 is 5.11 Å². The molecule has 0 amide bonds. The molecule has 0 bridgehead atoms. The third-order valence-electron chi connectivity index (χ3n) is 6.50. The SMILES string of the molecule is CC(C)C(C)(c1ccc(-c2ccc(N)nn2)cc1)c1ccc(-c2ccc(C(C)(C)O)nn2)cn1. The molecule has 3 N–H and O–H groups in total. The monoisotopic (exact) mass is 454 g/mol. The Morgan fingerprint density at radius 3 is 1.79 bits per heavy atom. The van der Waals surface area contributed by atoms with Crippen LogP contribution in [0.25, 0.3) is 22.5 Å². The van der Waals surface area contributed by atoms with Gasteiger partial charge in [0, 0.05) is 22.7 Å². The molecule has 0 saturated heterocycles. The van der Waals surface area contributed by atoms with Crippen LogP contribution in [0.15, 0.2) is 66.9 Å². The highest BCUT2D eigenvalue weighted by Gasteiger charge is 2.34. The molecule has 1 unspecified atom stereocenters. The third-order valence-corrected chi connectivity index (χ3v) is 6.50. The minimum atomic E-state index is -1.03. The van der Waals surface area contributed by atoms with Gasteiger partial charge in [-0.25, -0.2) is 0 Å². The van der Waals surface area contributed by atoms with Crippen molar-refractivity contribution in [3.05, 3.63) is 83.8 Å². The van der Waals surface area contributed by atoms with E-state index in [-0.39, 0.29) is 5.41 Å². The van der Waals surface area contributed by atoms with E-state index in [1.165, 1.54) is 5.56 Å². The maximum atomic E-state index is 10.1. The van der Waals surface area contributed by atoms with Gasteiger partial charge in [0.1, 0.15) is 11.4 Å². The largest absolute Gasteiger partial charge is 0.384 e. The summed E-state index contributed by atoms with van der Waals surface area (Å²) in [7, 11) is 0. The Morgan fingerprint density at radius 2 is 1.29 bits per heavy atom. The number of hydrogen-bond donors (Lipinski definition) is 2. The first-order valence-corrected chi connectivity index (χ1v) is 11.3. The van der Waals surface area contributed by atoms with Crippen molar-refractivity contribution in [3.63, 3.8) is 0 Å². The van der Waals surface area contributed by atoms with Gasteiger partial charge in [-0.2, -0.15) is 10.2 Å². The van der Waals surface area contributed by atoms with E-state index in [4.69, 9.17) is 10.7 Å². The Balaban J connectivity index is 1.63. The molecule has 1 aromatic carbocycles. The Hall–Kier alpha value is -3.71. The summed E-state index contributed by atoms with van der Waals surface area (Å²) in [4.78, 5) is 4.83. The number of benzene rings is 1. The Bertz CT molecular complexity index is 1250. The summed E-state index contributed by atoms with van der Waals surface area (Å²) < 4.78 is 0. The average Bonchev–Trinajstić information content (AvgIpc) is 2.84. The molecule has 3 heterocycles. The number of aromatic nitrogens is 5. The summed E-state index contributed by atoms with van der Waals surface area (Å²) in [6, 6.07) is 19.7. The molecule has 7 nitrogen and oxygen atoms in total. The molecule has 0 saturated carbocycles. The number of aliphatic hydroxyl groups is 1. The van der Waals surface area contributed by atoms with Gasteiger partial charge in [0.2, 0.25) is 0 Å². The van der Waals surface area contributed by atoms with Gasteiger partial charge >= 0.3 is 0 Å². The van der Waals surface area contributed by atoms with Crippen LogP contribution in [0.1, 0.15) is 51.6 Å². The lowest BCUT2D eigenvalue weighted by molar-refractivity contribution is 0.0729. The lowest BCUT2D eigenvalue weighted by Crippen LogP contribution is -2.31. The molecule has 34 heavy (non-hydrogen) atoms. The molecule has 0 spiro atoms. The van der Waals surface area contributed by atoms with Crippen LogP contribution in [0.4, 0.5) is 5.82 Å². The van der Waals surface area contributed by atoms with E-state index in [1.54, 1.807) is 26.0 Å². The van der Waals surface area contributed by atoms with Crippen LogP contribution in [0, 0.1) is 5.92 Å². The molecular weight excluding hydrogens is 424 g/mol. The summed E-state index contributed by atoms with van der Waals surface area (Å²) in [5.74, 6) is 0.709. The molecule has 1 atom stereocenters. The smallest absolute Gasteiger partial charge is 0.146 e. The highest BCUT2D eigenvalue weighted by atomic mass is 16.3. The van der Waals surface area contributed by atoms with Crippen molar-refractivity contribution in [2.75, 3.05) is 5.73 Å². The maximum Gasteiger partial charge on any atom is 0.146 e. The highest BCUT2D eigenvalue weighted by molar-refractivity contribution is 5.61. The number of nitrogen functional groups attached to an aromatic ring is 1. The van der Waals surface area contributed by atoms with Gasteiger partial charge in [0.25, 0.3) is 0 Å². The number of pyridine rings is 1. The predicted octanol–water partition coefficient (Wildman–Crippen LogP) is 4.77. The highest BCUT2D eigenvalue weighted by Crippen LogP contribution is 2.39. The second kappa shape index (κ2) is 8.91. The third kappa shape index (κ3) is 4.52. The van der Waals surface area contributed by atoms with Gasteiger partial charge in [0.15, 0.2) is 0 Å². The van der Waals surface area contributed by atoms with Crippen LogP contribution in [-0.4, -0.2) is 30.5 Å². The first-order valence-electron chi connectivity index (χ1n) is 11.3. The fraction of sp³-hybridized carbons (Fsp3) is 0.296. The Labute approximate surface area is 200 Å². The topological polar surface area (TPSA) is 111 Å². The lowest BCUT2D eigenvalue weighted by Gasteiger charge is -2.34. The standard InChI is InChI=1S/C27H30N6O/c1-17(2)27(5,20-9-6-18(7-10-20)21-12-15-25(28)33-31-21)24-13-8-19(16-29-24)22-11-14-23(32-30-22)26(3,4)34/h6-17,34H,1-5H3,(H2,28,33). The van der Waals surface area contributed by atoms with Crippen molar-refractivity contribution in [1.82, 2.24) is 25.4 Å². The van der Waals surface area contributed by atoms with Crippen molar-refractivity contribution in [3.8, 4) is 22.5 Å². The van der Waals surface area contributed by atoms with E-state index in [1.807, 2.05) is 24.4 Å². The molecule has 0 aliphatic carbocycles. The predicted molar refractivity (Wildman–Crippen MR) is 134 cm³/mol. The van der Waals surface area contributed by atoms with E-state index >= 15 is 0 Å². The van der Waals surface area contributed by atoms with E-state index < -0.39 is 5.60 Å². The zero-order valence-electron chi connectivity index (χ0n) is 20.2. The van der Waals surface area contributed by atoms with Crippen molar-refractivity contribution in [1.29, 1.82) is 0 Å². The minimum Gasteiger partial charge on any atom is -0.384 e. The van der Waals surface area contributed by atoms with E-state index in [0.717, 1.165) is 22.5 Å². The first kappa shape index (κ1) is 23.4. The van der Waals surface area contributed by atoms with Gasteiger partial charge in [-0.1, -0.05) is 38.1 Å². The van der Waals surface area contributed by atoms with Gasteiger partial charge < -0.3 is 10.8 Å². The molecule has 0 aliphatic heterocycles. The quantitative estimate of drug-likeness (QED) is 0.432.